The molecule has 1 aromatic rings. The van der Waals surface area contributed by atoms with Crippen LogP contribution < -0.4 is 4.90 Å². The number of rotatable bonds is 1. The highest BCUT2D eigenvalue weighted by Gasteiger charge is 2.81. The second kappa shape index (κ2) is 5.60. The van der Waals surface area contributed by atoms with Crippen LogP contribution in [0.1, 0.15) is 33.1 Å². The molecule has 1 aromatic carbocycles. The van der Waals surface area contributed by atoms with Crippen LogP contribution in [0.25, 0.3) is 0 Å². The summed E-state index contributed by atoms with van der Waals surface area (Å²) < 4.78 is 6.16. The van der Waals surface area contributed by atoms with Crippen molar-refractivity contribution in [2.45, 2.75) is 45.3 Å². The average Bonchev–Trinajstić information content (AvgIpc) is 3.19. The molecule has 0 spiro atoms. The summed E-state index contributed by atoms with van der Waals surface area (Å²) in [7, 11) is 0. The molecule has 0 N–H and O–H groups in total. The number of hydrogen-bond acceptors (Lipinski definition) is 4. The molecule has 0 aromatic heterocycles. The molecule has 4 atom stereocenters. The van der Waals surface area contributed by atoms with Crippen molar-refractivity contribution in [2.24, 2.45) is 10.8 Å². The van der Waals surface area contributed by atoms with Crippen LogP contribution in [0.2, 0.25) is 0 Å². The molecule has 4 fully saturated rings. The minimum absolute atomic E-state index is 0.0249. The van der Waals surface area contributed by atoms with Gasteiger partial charge in [-0.25, -0.2) is 4.90 Å². The first-order chi connectivity index (χ1) is 11.7. The Labute approximate surface area is 146 Å². The maximum absolute atomic E-state index is 13.4. The molecule has 4 aliphatic heterocycles. The van der Waals surface area contributed by atoms with Crippen LogP contribution in [0.4, 0.5) is 5.69 Å². The van der Waals surface area contributed by atoms with E-state index in [2.05, 4.69) is 0 Å². The van der Waals surface area contributed by atoms with Gasteiger partial charge in [0.25, 0.3) is 0 Å². The van der Waals surface area contributed by atoms with Crippen molar-refractivity contribution < 1.29 is 14.3 Å². The molecule has 4 heterocycles. The lowest BCUT2D eigenvalue weighted by Crippen LogP contribution is -2.47. The molecule has 2 amide bonds. The van der Waals surface area contributed by atoms with E-state index in [1.165, 1.54) is 4.90 Å². The van der Waals surface area contributed by atoms with Gasteiger partial charge in [-0.1, -0.05) is 32.0 Å². The van der Waals surface area contributed by atoms with E-state index in [-0.39, 0.29) is 24.0 Å². The Balaban J connectivity index is 0.000000704. The molecule has 4 unspecified atom stereocenters. The van der Waals surface area contributed by atoms with Crippen LogP contribution in [0, 0.1) is 10.8 Å². The SMILES string of the molecule is CC.O=C1N(c2ccccc2)C(=O)C23CSCC12C1CCCC3O1. The van der Waals surface area contributed by atoms with Crippen LogP contribution in [0.15, 0.2) is 30.3 Å². The van der Waals surface area contributed by atoms with Crippen LogP contribution in [-0.2, 0) is 14.3 Å². The fourth-order valence-electron chi connectivity index (χ4n) is 5.02. The highest BCUT2D eigenvalue weighted by molar-refractivity contribution is 7.99. The number of imide groups is 1. The number of thioether (sulfide) groups is 1. The lowest BCUT2D eigenvalue weighted by molar-refractivity contribution is -0.130. The van der Waals surface area contributed by atoms with Crippen molar-refractivity contribution in [3.8, 4) is 0 Å². The molecule has 4 nitrogen and oxygen atoms in total. The molecular formula is C19H23NO3S. The summed E-state index contributed by atoms with van der Waals surface area (Å²) in [5.74, 6) is 1.40. The minimum atomic E-state index is -0.619. The maximum atomic E-state index is 13.4. The summed E-state index contributed by atoms with van der Waals surface area (Å²) in [6.07, 6.45) is 2.72. The number of ether oxygens (including phenoxy) is 1. The van der Waals surface area contributed by atoms with Gasteiger partial charge in [0.05, 0.1) is 17.9 Å². The van der Waals surface area contributed by atoms with Gasteiger partial charge in [0.2, 0.25) is 11.8 Å². The van der Waals surface area contributed by atoms with Gasteiger partial charge in [-0.15, -0.1) is 0 Å². The summed E-state index contributed by atoms with van der Waals surface area (Å²) in [5, 5.41) is 0. The van der Waals surface area contributed by atoms with Crippen LogP contribution in [-0.4, -0.2) is 35.5 Å². The number of carbonyl (C=O) groups is 2. The van der Waals surface area contributed by atoms with E-state index >= 15 is 0 Å². The first-order valence-corrected chi connectivity index (χ1v) is 10.0. The molecule has 5 rings (SSSR count). The Morgan fingerprint density at radius 2 is 1.54 bits per heavy atom. The summed E-state index contributed by atoms with van der Waals surface area (Å²) in [5.41, 5.74) is -0.534. The number of anilines is 1. The Morgan fingerprint density at radius 1 is 1.00 bits per heavy atom. The van der Waals surface area contributed by atoms with Crippen molar-refractivity contribution >= 4 is 29.3 Å². The standard InChI is InChI=1S/C17H17NO3S.C2H6/c19-14-16-9-22-10-17(16,13-8-4-7-12(16)21-13)15(20)18(14)11-5-2-1-3-6-11;1-2/h1-3,5-6,12-13H,4,7-10H2;1-2H3. The molecule has 128 valence electrons. The van der Waals surface area contributed by atoms with E-state index in [0.717, 1.165) is 30.8 Å². The highest BCUT2D eigenvalue weighted by Crippen LogP contribution is 2.68. The van der Waals surface area contributed by atoms with Gasteiger partial charge in [-0.05, 0) is 31.4 Å². The van der Waals surface area contributed by atoms with Crippen molar-refractivity contribution in [3.63, 3.8) is 0 Å². The number of fused-ring (bicyclic) bond motifs is 2. The Hall–Kier alpha value is -1.33. The number of para-hydroxylation sites is 1. The quantitative estimate of drug-likeness (QED) is 0.733. The second-order valence-electron chi connectivity index (χ2n) is 6.76. The molecule has 4 aliphatic rings. The van der Waals surface area contributed by atoms with Gasteiger partial charge in [0.15, 0.2) is 0 Å². The Bertz CT molecular complexity index is 642. The van der Waals surface area contributed by atoms with Crippen molar-refractivity contribution in [1.29, 1.82) is 0 Å². The lowest BCUT2D eigenvalue weighted by Gasteiger charge is -2.30. The first kappa shape index (κ1) is 16.2. The minimum Gasteiger partial charge on any atom is -0.373 e. The van der Waals surface area contributed by atoms with Crippen molar-refractivity contribution in [2.75, 3.05) is 16.4 Å². The van der Waals surface area contributed by atoms with Gasteiger partial charge >= 0.3 is 0 Å². The topological polar surface area (TPSA) is 46.6 Å². The second-order valence-corrected chi connectivity index (χ2v) is 7.75. The molecule has 24 heavy (non-hydrogen) atoms. The third-order valence-electron chi connectivity index (χ3n) is 6.00. The highest BCUT2D eigenvalue weighted by atomic mass is 32.2. The molecule has 0 aliphatic carbocycles. The zero-order valence-corrected chi connectivity index (χ0v) is 15.0. The summed E-state index contributed by atoms with van der Waals surface area (Å²) in [4.78, 5) is 28.2. The van der Waals surface area contributed by atoms with Gasteiger partial charge < -0.3 is 4.74 Å². The fourth-order valence-corrected chi connectivity index (χ4v) is 6.90. The largest absolute Gasteiger partial charge is 0.373 e. The first-order valence-electron chi connectivity index (χ1n) is 8.89. The van der Waals surface area contributed by atoms with E-state index in [1.807, 2.05) is 44.2 Å². The molecule has 4 saturated heterocycles. The summed E-state index contributed by atoms with van der Waals surface area (Å²) in [6.45, 7) is 4.00. The van der Waals surface area contributed by atoms with Crippen LogP contribution in [0.3, 0.4) is 0 Å². The zero-order valence-electron chi connectivity index (χ0n) is 14.2. The Kier molecular flexibility index (Phi) is 3.77. The fraction of sp³-hybridized carbons (Fsp3) is 0.579. The van der Waals surface area contributed by atoms with E-state index in [9.17, 15) is 9.59 Å². The average molecular weight is 345 g/mol. The van der Waals surface area contributed by atoms with E-state index in [0.29, 0.717) is 5.69 Å². The third kappa shape index (κ3) is 1.65. The zero-order chi connectivity index (χ0) is 16.9. The summed E-state index contributed by atoms with van der Waals surface area (Å²) in [6, 6.07) is 9.36. The normalized spacial score (nSPS) is 39.3. The molecule has 0 radical (unpaired) electrons. The van der Waals surface area contributed by atoms with Gasteiger partial charge in [0, 0.05) is 11.5 Å². The van der Waals surface area contributed by atoms with Crippen LogP contribution >= 0.6 is 11.8 Å². The molecule has 2 bridgehead atoms. The number of benzene rings is 1. The van der Waals surface area contributed by atoms with Gasteiger partial charge in [-0.3, -0.25) is 9.59 Å². The maximum Gasteiger partial charge on any atom is 0.244 e. The van der Waals surface area contributed by atoms with E-state index < -0.39 is 10.8 Å². The lowest BCUT2D eigenvalue weighted by atomic mass is 9.64. The number of nitrogens with zero attached hydrogens (tertiary/aromatic N) is 1. The van der Waals surface area contributed by atoms with E-state index in [1.54, 1.807) is 11.8 Å². The van der Waals surface area contributed by atoms with E-state index in [4.69, 9.17) is 4.74 Å². The molecular weight excluding hydrogens is 322 g/mol. The Morgan fingerprint density at radius 3 is 2.08 bits per heavy atom. The predicted molar refractivity (Wildman–Crippen MR) is 95.0 cm³/mol. The monoisotopic (exact) mass is 345 g/mol. The van der Waals surface area contributed by atoms with Gasteiger partial charge in [0.1, 0.15) is 10.8 Å². The smallest absolute Gasteiger partial charge is 0.244 e. The van der Waals surface area contributed by atoms with Crippen LogP contribution in [0.5, 0.6) is 0 Å². The van der Waals surface area contributed by atoms with Crippen molar-refractivity contribution in [3.05, 3.63) is 30.3 Å². The van der Waals surface area contributed by atoms with Gasteiger partial charge in [-0.2, -0.15) is 11.8 Å². The third-order valence-corrected chi connectivity index (χ3v) is 7.32. The predicted octanol–water partition coefficient (Wildman–Crippen LogP) is 3.26. The number of amides is 2. The number of hydrogen-bond donors (Lipinski definition) is 0. The molecule has 0 saturated carbocycles. The summed E-state index contributed by atoms with van der Waals surface area (Å²) >= 11 is 1.75. The molecule has 5 heteroatoms. The number of carbonyl (C=O) groups excluding carboxylic acids is 2. The van der Waals surface area contributed by atoms with Crippen molar-refractivity contribution in [1.82, 2.24) is 0 Å².